The molecule has 0 spiro atoms. The number of carbonyl (C=O) groups excluding carboxylic acids is 2. The predicted molar refractivity (Wildman–Crippen MR) is 95.5 cm³/mol. The van der Waals surface area contributed by atoms with Gasteiger partial charge in [-0.15, -0.1) is 10.2 Å². The van der Waals surface area contributed by atoms with E-state index in [0.717, 1.165) is 5.56 Å². The molecule has 8 nitrogen and oxygen atoms in total. The Kier molecular flexibility index (Phi) is 7.11. The van der Waals surface area contributed by atoms with Crippen LogP contribution in [0.1, 0.15) is 17.0 Å². The van der Waals surface area contributed by atoms with Crippen molar-refractivity contribution in [3.8, 4) is 0 Å². The van der Waals surface area contributed by atoms with Crippen molar-refractivity contribution in [2.75, 3.05) is 11.9 Å². The maximum atomic E-state index is 11.9. The maximum absolute atomic E-state index is 11.9. The molecular formula is C15H18ClN5O3S. The molecule has 0 aliphatic rings. The van der Waals surface area contributed by atoms with E-state index in [9.17, 15) is 9.59 Å². The van der Waals surface area contributed by atoms with Crippen LogP contribution in [0.3, 0.4) is 0 Å². The van der Waals surface area contributed by atoms with Crippen molar-refractivity contribution in [1.29, 1.82) is 0 Å². The maximum Gasteiger partial charge on any atom is 0.413 e. The Morgan fingerprint density at radius 2 is 2.12 bits per heavy atom. The number of halogens is 1. The second-order valence-corrected chi connectivity index (χ2v) is 6.76. The second-order valence-electron chi connectivity index (χ2n) is 5.17. The molecule has 0 radical (unpaired) electrons. The van der Waals surface area contributed by atoms with Gasteiger partial charge in [0.05, 0.1) is 6.42 Å². The summed E-state index contributed by atoms with van der Waals surface area (Å²) < 4.78 is 5.24. The number of hydrogen-bond acceptors (Lipinski definition) is 7. The molecule has 134 valence electrons. The number of ether oxygens (including phenoxy) is 1. The van der Waals surface area contributed by atoms with Crippen molar-refractivity contribution < 1.29 is 14.3 Å². The Hall–Kier alpha value is -2.23. The Balaban J connectivity index is 1.86. The number of aryl methyl sites for hydroxylation is 1. The van der Waals surface area contributed by atoms with Crippen LogP contribution in [0, 0.1) is 6.92 Å². The average molecular weight is 384 g/mol. The summed E-state index contributed by atoms with van der Waals surface area (Å²) >= 11 is 7.30. The first kappa shape index (κ1) is 19.1. The highest BCUT2D eigenvalue weighted by Gasteiger charge is 2.18. The number of amides is 2. The Labute approximate surface area is 153 Å². The van der Waals surface area contributed by atoms with E-state index in [1.54, 1.807) is 13.0 Å². The van der Waals surface area contributed by atoms with E-state index >= 15 is 0 Å². The number of nitrogens with two attached hydrogens (primary N) is 1. The predicted octanol–water partition coefficient (Wildman–Crippen LogP) is 2.08. The zero-order chi connectivity index (χ0) is 18.2. The molecule has 2 aromatic rings. The van der Waals surface area contributed by atoms with Gasteiger partial charge in [0, 0.05) is 18.1 Å². The third-order valence-corrected chi connectivity index (χ3v) is 4.21. The van der Waals surface area contributed by atoms with Crippen molar-refractivity contribution in [2.45, 2.75) is 26.0 Å². The van der Waals surface area contributed by atoms with Gasteiger partial charge in [0.15, 0.2) is 0 Å². The molecule has 1 aromatic heterocycles. The molecule has 0 fully saturated rings. The van der Waals surface area contributed by atoms with Crippen LogP contribution >= 0.6 is 22.9 Å². The summed E-state index contributed by atoms with van der Waals surface area (Å²) in [4.78, 5) is 23.1. The number of aromatic nitrogens is 2. The van der Waals surface area contributed by atoms with Gasteiger partial charge in [0.25, 0.3) is 0 Å². The first-order valence-corrected chi connectivity index (χ1v) is 8.63. The number of benzene rings is 1. The average Bonchev–Trinajstić information content (AvgIpc) is 2.93. The molecule has 0 aliphatic carbocycles. The molecular weight excluding hydrogens is 366 g/mol. The molecule has 1 unspecified atom stereocenters. The van der Waals surface area contributed by atoms with Gasteiger partial charge in [-0.3, -0.25) is 10.1 Å². The van der Waals surface area contributed by atoms with Crippen molar-refractivity contribution in [3.63, 3.8) is 0 Å². The van der Waals surface area contributed by atoms with Gasteiger partial charge in [-0.25, -0.2) is 4.79 Å². The molecule has 4 N–H and O–H groups in total. The lowest BCUT2D eigenvalue weighted by molar-refractivity contribution is -0.119. The van der Waals surface area contributed by atoms with Gasteiger partial charge in [-0.1, -0.05) is 41.1 Å². The third kappa shape index (κ3) is 6.65. The quantitative estimate of drug-likeness (QED) is 0.642. The van der Waals surface area contributed by atoms with Gasteiger partial charge < -0.3 is 15.8 Å². The lowest BCUT2D eigenvalue weighted by Gasteiger charge is -2.17. The molecule has 0 saturated carbocycles. The molecule has 0 saturated heterocycles. The highest BCUT2D eigenvalue weighted by atomic mass is 35.5. The van der Waals surface area contributed by atoms with Crippen molar-refractivity contribution in [1.82, 2.24) is 15.5 Å². The summed E-state index contributed by atoms with van der Waals surface area (Å²) in [6.07, 6.45) is -1.53. The van der Waals surface area contributed by atoms with E-state index in [-0.39, 0.29) is 13.0 Å². The minimum absolute atomic E-state index is 0.0991. The zero-order valence-electron chi connectivity index (χ0n) is 13.5. The summed E-state index contributed by atoms with van der Waals surface area (Å²) in [5.41, 5.74) is 6.11. The molecule has 1 aromatic carbocycles. The molecule has 10 heteroatoms. The normalized spacial score (nSPS) is 11.8. The van der Waals surface area contributed by atoms with Gasteiger partial charge in [-0.05, 0) is 18.6 Å². The van der Waals surface area contributed by atoms with Crippen LogP contribution in [0.25, 0.3) is 0 Å². The number of rotatable bonds is 8. The molecule has 0 bridgehead atoms. The first-order valence-electron chi connectivity index (χ1n) is 7.44. The van der Waals surface area contributed by atoms with Crippen LogP contribution < -0.4 is 16.4 Å². The van der Waals surface area contributed by atoms with E-state index in [1.165, 1.54) is 11.3 Å². The smallest absolute Gasteiger partial charge is 0.413 e. The Bertz CT molecular complexity index is 739. The van der Waals surface area contributed by atoms with Crippen LogP contribution in [0.5, 0.6) is 0 Å². The SMILES string of the molecule is Cc1nnc(NC(=O)OC(CNCc2ccccc2Cl)CC(N)=O)s1. The van der Waals surface area contributed by atoms with E-state index in [0.29, 0.717) is 21.7 Å². The minimum Gasteiger partial charge on any atom is -0.444 e. The van der Waals surface area contributed by atoms with Gasteiger partial charge >= 0.3 is 6.09 Å². The summed E-state index contributed by atoms with van der Waals surface area (Å²) in [6.45, 7) is 2.48. The van der Waals surface area contributed by atoms with Crippen LogP contribution in [0.4, 0.5) is 9.93 Å². The summed E-state index contributed by atoms with van der Waals surface area (Å²) in [7, 11) is 0. The zero-order valence-corrected chi connectivity index (χ0v) is 15.1. The molecule has 25 heavy (non-hydrogen) atoms. The number of primary amides is 1. The molecule has 2 rings (SSSR count). The molecule has 0 aliphatic heterocycles. The van der Waals surface area contributed by atoms with E-state index < -0.39 is 18.1 Å². The largest absolute Gasteiger partial charge is 0.444 e. The first-order chi connectivity index (χ1) is 11.9. The van der Waals surface area contributed by atoms with Crippen molar-refractivity contribution in [3.05, 3.63) is 39.9 Å². The summed E-state index contributed by atoms with van der Waals surface area (Å²) in [5, 5.41) is 14.8. The van der Waals surface area contributed by atoms with Gasteiger partial charge in [0.1, 0.15) is 11.1 Å². The highest BCUT2D eigenvalue weighted by molar-refractivity contribution is 7.15. The van der Waals surface area contributed by atoms with Gasteiger partial charge in [-0.2, -0.15) is 0 Å². The highest BCUT2D eigenvalue weighted by Crippen LogP contribution is 2.15. The number of hydrogen-bond donors (Lipinski definition) is 3. The standard InChI is InChI=1S/C15H18ClN5O3S/c1-9-20-21-14(25-9)19-15(23)24-11(6-13(17)22)8-18-7-10-4-2-3-5-12(10)16/h2-5,11,18H,6-8H2,1H3,(H2,17,22)(H,19,21,23). The fraction of sp³-hybridized carbons (Fsp3) is 0.333. The lowest BCUT2D eigenvalue weighted by atomic mass is 10.2. The number of carbonyl (C=O) groups is 2. The number of nitrogens with one attached hydrogen (secondary N) is 2. The van der Waals surface area contributed by atoms with E-state index in [2.05, 4.69) is 20.8 Å². The summed E-state index contributed by atoms with van der Waals surface area (Å²) in [6, 6.07) is 7.37. The fourth-order valence-corrected chi connectivity index (χ4v) is 2.78. The monoisotopic (exact) mass is 383 g/mol. The lowest BCUT2D eigenvalue weighted by Crippen LogP contribution is -2.35. The van der Waals surface area contributed by atoms with Crippen molar-refractivity contribution in [2.24, 2.45) is 5.73 Å². The van der Waals surface area contributed by atoms with Crippen LogP contribution in [-0.2, 0) is 16.1 Å². The third-order valence-electron chi connectivity index (χ3n) is 3.08. The van der Waals surface area contributed by atoms with Crippen LogP contribution in [-0.4, -0.2) is 34.8 Å². The van der Waals surface area contributed by atoms with Crippen LogP contribution in [0.2, 0.25) is 5.02 Å². The van der Waals surface area contributed by atoms with Crippen molar-refractivity contribution >= 4 is 40.1 Å². The van der Waals surface area contributed by atoms with E-state index in [1.807, 2.05) is 18.2 Å². The molecule has 1 heterocycles. The Morgan fingerprint density at radius 3 is 2.76 bits per heavy atom. The number of anilines is 1. The fourth-order valence-electron chi connectivity index (χ4n) is 2.00. The molecule has 2 amide bonds. The number of nitrogens with zero attached hydrogens (tertiary/aromatic N) is 2. The van der Waals surface area contributed by atoms with E-state index in [4.69, 9.17) is 22.1 Å². The minimum atomic E-state index is -0.720. The topological polar surface area (TPSA) is 119 Å². The molecule has 1 atom stereocenters. The van der Waals surface area contributed by atoms with Gasteiger partial charge in [0.2, 0.25) is 11.0 Å². The Morgan fingerprint density at radius 1 is 1.36 bits per heavy atom. The van der Waals surface area contributed by atoms with Crippen LogP contribution in [0.15, 0.2) is 24.3 Å². The summed E-state index contributed by atoms with van der Waals surface area (Å²) in [5.74, 6) is -0.566. The second kappa shape index (κ2) is 9.30.